The van der Waals surface area contributed by atoms with Gasteiger partial charge in [0.2, 0.25) is 0 Å². The van der Waals surface area contributed by atoms with Gasteiger partial charge in [-0.05, 0) is 103 Å². The van der Waals surface area contributed by atoms with Crippen LogP contribution in [0.4, 0.5) is 0 Å². The molecule has 0 spiro atoms. The van der Waals surface area contributed by atoms with Crippen molar-refractivity contribution in [1.29, 1.82) is 0 Å². The van der Waals surface area contributed by atoms with Crippen molar-refractivity contribution in [3.05, 3.63) is 134 Å². The second-order valence-electron chi connectivity index (χ2n) is 20.6. The van der Waals surface area contributed by atoms with E-state index < -0.39 is 12.1 Å². The average molecular weight is 1070 g/mol. The van der Waals surface area contributed by atoms with Gasteiger partial charge in [-0.25, -0.2) is 0 Å². The molecule has 77 heavy (non-hydrogen) atoms. The van der Waals surface area contributed by atoms with Crippen molar-refractivity contribution in [2.75, 3.05) is 13.2 Å². The molecule has 0 saturated heterocycles. The van der Waals surface area contributed by atoms with E-state index >= 15 is 0 Å². The van der Waals surface area contributed by atoms with Crippen LogP contribution in [0.1, 0.15) is 278 Å². The number of unbranched alkanes of at least 4 members (excludes halogenated alkanes) is 23. The van der Waals surface area contributed by atoms with Gasteiger partial charge in [-0.1, -0.05) is 289 Å². The van der Waals surface area contributed by atoms with Crippen LogP contribution in [0.25, 0.3) is 0 Å². The molecule has 0 aliphatic rings. The normalized spacial score (nSPS) is 13.0. The number of esters is 3. The number of carbonyl (C=O) groups excluding carboxylic acids is 3. The molecule has 0 saturated carbocycles. The van der Waals surface area contributed by atoms with Crippen LogP contribution in [-0.4, -0.2) is 37.2 Å². The predicted molar refractivity (Wildman–Crippen MR) is 334 cm³/mol. The summed E-state index contributed by atoms with van der Waals surface area (Å²) in [6, 6.07) is 0. The fourth-order valence-corrected chi connectivity index (χ4v) is 8.50. The lowest BCUT2D eigenvalue weighted by atomic mass is 10.0. The molecule has 6 nitrogen and oxygen atoms in total. The number of rotatable bonds is 56. The molecule has 436 valence electrons. The second-order valence-corrected chi connectivity index (χ2v) is 20.6. The van der Waals surface area contributed by atoms with Crippen molar-refractivity contribution in [3.8, 4) is 0 Å². The maximum absolute atomic E-state index is 12.8. The number of ether oxygens (including phenoxy) is 3. The van der Waals surface area contributed by atoms with Crippen LogP contribution < -0.4 is 0 Å². The maximum atomic E-state index is 12.8. The molecule has 0 aromatic heterocycles. The molecule has 0 aliphatic heterocycles. The van der Waals surface area contributed by atoms with Crippen molar-refractivity contribution >= 4 is 17.9 Å². The van der Waals surface area contributed by atoms with Gasteiger partial charge < -0.3 is 14.2 Å². The van der Waals surface area contributed by atoms with E-state index in [1.54, 1.807) is 0 Å². The van der Waals surface area contributed by atoms with Crippen LogP contribution in [0, 0.1) is 0 Å². The minimum atomic E-state index is -0.819. The summed E-state index contributed by atoms with van der Waals surface area (Å²) in [5.74, 6) is -0.995. The second kappa shape index (κ2) is 64.1. The van der Waals surface area contributed by atoms with Crippen molar-refractivity contribution in [1.82, 2.24) is 0 Å². The standard InChI is InChI=1S/C71H116O6/c1-4-7-10-13-16-19-21-23-25-27-29-30-31-32-33-34-35-36-37-38-39-40-42-43-45-47-49-52-55-58-61-64-70(73)76-67-68(66-75-69(72)63-60-57-54-51-18-15-12-9-6-3)77-71(74)65-62-59-56-53-50-48-46-44-41-28-26-24-22-20-17-14-11-8-5-2/h7-8,10-11,16-17,19-20,23-26,29-30,32-33,41,44,48,50,56,59,68H,4-6,9,12-15,18,21-22,27-28,31,34-40,42-43,45-47,49,51-55,57-58,60-67H2,1-3H3/b10-7-,11-8-,19-16-,20-17-,25-23-,26-24-,30-29-,33-32-,44-41-,50-48-,59-56-. The monoisotopic (exact) mass is 1060 g/mol. The van der Waals surface area contributed by atoms with E-state index in [9.17, 15) is 14.4 Å². The highest BCUT2D eigenvalue weighted by Crippen LogP contribution is 2.16. The maximum Gasteiger partial charge on any atom is 0.306 e. The smallest absolute Gasteiger partial charge is 0.306 e. The third-order valence-corrected chi connectivity index (χ3v) is 13.2. The molecule has 0 bridgehead atoms. The quantitative estimate of drug-likeness (QED) is 0.0261. The Bertz CT molecular complexity index is 1650. The summed E-state index contributed by atoms with van der Waals surface area (Å²) in [7, 11) is 0. The Balaban J connectivity index is 4.24. The minimum Gasteiger partial charge on any atom is -0.462 e. The Labute approximate surface area is 475 Å². The Kier molecular flexibility index (Phi) is 60.4. The molecule has 0 heterocycles. The van der Waals surface area contributed by atoms with Gasteiger partial charge in [0.25, 0.3) is 0 Å². The Morgan fingerprint density at radius 3 is 0.844 bits per heavy atom. The summed E-state index contributed by atoms with van der Waals surface area (Å²) in [6.07, 6.45) is 90.6. The van der Waals surface area contributed by atoms with Crippen LogP contribution >= 0.6 is 0 Å². The zero-order valence-corrected chi connectivity index (χ0v) is 49.9. The molecular weight excluding hydrogens is 949 g/mol. The number of allylic oxidation sites excluding steroid dienone is 22. The van der Waals surface area contributed by atoms with Crippen molar-refractivity contribution < 1.29 is 28.6 Å². The Morgan fingerprint density at radius 2 is 0.532 bits per heavy atom. The van der Waals surface area contributed by atoms with E-state index in [1.165, 1.54) is 122 Å². The molecule has 0 aliphatic carbocycles. The zero-order chi connectivity index (χ0) is 55.7. The summed E-state index contributed by atoms with van der Waals surface area (Å²) in [6.45, 7) is 6.33. The summed E-state index contributed by atoms with van der Waals surface area (Å²) in [5.41, 5.74) is 0. The lowest BCUT2D eigenvalue weighted by Crippen LogP contribution is -2.30. The summed E-state index contributed by atoms with van der Waals surface area (Å²) >= 11 is 0. The SMILES string of the molecule is CC/C=C\C/C=C\C/C=C\C/C=C\C/C=C\C/C=C\CCC(=O)OC(COC(=O)CCCCCCCCCCC)COC(=O)CCCCCCCCCCCCCCCCC/C=C\C/C=C\C/C=C\C/C=C\C/C=C\CC. The Hall–Kier alpha value is -4.45. The third-order valence-electron chi connectivity index (χ3n) is 13.2. The van der Waals surface area contributed by atoms with E-state index in [1.807, 2.05) is 6.08 Å². The summed E-state index contributed by atoms with van der Waals surface area (Å²) in [5, 5.41) is 0. The highest BCUT2D eigenvalue weighted by molar-refractivity contribution is 5.71. The molecule has 1 atom stereocenters. The summed E-state index contributed by atoms with van der Waals surface area (Å²) in [4.78, 5) is 38.1. The molecule has 0 amide bonds. The first-order valence-electron chi connectivity index (χ1n) is 31.7. The predicted octanol–water partition coefficient (Wildman–Crippen LogP) is 21.8. The highest BCUT2D eigenvalue weighted by atomic mass is 16.6. The van der Waals surface area contributed by atoms with Crippen LogP contribution in [0.2, 0.25) is 0 Å². The first-order chi connectivity index (χ1) is 38.0. The fourth-order valence-electron chi connectivity index (χ4n) is 8.50. The largest absolute Gasteiger partial charge is 0.462 e. The fraction of sp³-hybridized carbons (Fsp3) is 0.648. The van der Waals surface area contributed by atoms with Crippen molar-refractivity contribution in [2.24, 2.45) is 0 Å². The highest BCUT2D eigenvalue weighted by Gasteiger charge is 2.19. The van der Waals surface area contributed by atoms with E-state index in [-0.39, 0.29) is 31.6 Å². The van der Waals surface area contributed by atoms with Gasteiger partial charge in [0, 0.05) is 19.3 Å². The lowest BCUT2D eigenvalue weighted by molar-refractivity contribution is -0.166. The molecule has 0 rings (SSSR count). The molecule has 1 unspecified atom stereocenters. The van der Waals surface area contributed by atoms with Crippen LogP contribution in [0.3, 0.4) is 0 Å². The van der Waals surface area contributed by atoms with E-state index in [2.05, 4.69) is 148 Å². The Morgan fingerprint density at radius 1 is 0.273 bits per heavy atom. The van der Waals surface area contributed by atoms with Gasteiger partial charge in [0.1, 0.15) is 13.2 Å². The molecule has 0 fully saturated rings. The molecule has 0 aromatic rings. The van der Waals surface area contributed by atoms with E-state index in [4.69, 9.17) is 14.2 Å². The van der Waals surface area contributed by atoms with Crippen molar-refractivity contribution in [2.45, 2.75) is 284 Å². The topological polar surface area (TPSA) is 78.9 Å². The number of hydrogen-bond acceptors (Lipinski definition) is 6. The molecule has 6 heteroatoms. The first kappa shape index (κ1) is 72.5. The molecular formula is C71H116O6. The number of hydrogen-bond donors (Lipinski definition) is 0. The van der Waals surface area contributed by atoms with Gasteiger partial charge in [0.05, 0.1) is 0 Å². The molecule has 0 aromatic carbocycles. The van der Waals surface area contributed by atoms with Gasteiger partial charge >= 0.3 is 17.9 Å². The molecule has 0 radical (unpaired) electrons. The first-order valence-corrected chi connectivity index (χ1v) is 31.7. The third kappa shape index (κ3) is 62.3. The van der Waals surface area contributed by atoms with Crippen LogP contribution in [0.5, 0.6) is 0 Å². The zero-order valence-electron chi connectivity index (χ0n) is 49.9. The van der Waals surface area contributed by atoms with Gasteiger partial charge in [-0.2, -0.15) is 0 Å². The van der Waals surface area contributed by atoms with E-state index in [0.717, 1.165) is 109 Å². The van der Waals surface area contributed by atoms with Gasteiger partial charge in [0.15, 0.2) is 6.10 Å². The molecule has 0 N–H and O–H groups in total. The van der Waals surface area contributed by atoms with Crippen LogP contribution in [-0.2, 0) is 28.6 Å². The van der Waals surface area contributed by atoms with Crippen LogP contribution in [0.15, 0.2) is 134 Å². The summed E-state index contributed by atoms with van der Waals surface area (Å²) < 4.78 is 16.8. The van der Waals surface area contributed by atoms with E-state index in [0.29, 0.717) is 19.3 Å². The average Bonchev–Trinajstić information content (AvgIpc) is 3.43. The lowest BCUT2D eigenvalue weighted by Gasteiger charge is -2.18. The van der Waals surface area contributed by atoms with Gasteiger partial charge in [-0.3, -0.25) is 14.4 Å². The van der Waals surface area contributed by atoms with Gasteiger partial charge in [-0.15, -0.1) is 0 Å². The van der Waals surface area contributed by atoms with Crippen molar-refractivity contribution in [3.63, 3.8) is 0 Å². The number of carbonyl (C=O) groups is 3. The minimum absolute atomic E-state index is 0.108.